The van der Waals surface area contributed by atoms with Gasteiger partial charge in [0.1, 0.15) is 5.76 Å². The Labute approximate surface area is 72.8 Å². The summed E-state index contributed by atoms with van der Waals surface area (Å²) in [6, 6.07) is 0.138. The van der Waals surface area contributed by atoms with Gasteiger partial charge in [-0.3, -0.25) is 9.79 Å². The van der Waals surface area contributed by atoms with Crippen LogP contribution in [0.25, 0.3) is 0 Å². The van der Waals surface area contributed by atoms with E-state index < -0.39 is 0 Å². The number of hydrogen-bond acceptors (Lipinski definition) is 3. The molecule has 12 heavy (non-hydrogen) atoms. The lowest BCUT2D eigenvalue weighted by Crippen LogP contribution is -2.03. The van der Waals surface area contributed by atoms with Crippen molar-refractivity contribution in [3.05, 3.63) is 11.3 Å². The molecule has 1 N–H and O–H groups in total. The van der Waals surface area contributed by atoms with Crippen molar-refractivity contribution in [2.75, 3.05) is 0 Å². The number of aliphatic hydroxyl groups is 1. The molecule has 0 aromatic carbocycles. The Hall–Kier alpha value is -1.12. The number of carbonyl (C=O) groups is 1. The summed E-state index contributed by atoms with van der Waals surface area (Å²) in [6.07, 6.45) is 1.42. The van der Waals surface area contributed by atoms with Crippen molar-refractivity contribution in [1.82, 2.24) is 0 Å². The summed E-state index contributed by atoms with van der Waals surface area (Å²) in [5.74, 6) is -0.147. The Kier molecular flexibility index (Phi) is 4.26. The molecule has 0 spiro atoms. The first-order valence-corrected chi connectivity index (χ1v) is 3.89. The maximum absolute atomic E-state index is 10.9. The molecule has 0 radical (unpaired) electrons. The van der Waals surface area contributed by atoms with E-state index in [2.05, 4.69) is 4.99 Å². The van der Waals surface area contributed by atoms with E-state index in [4.69, 9.17) is 5.11 Å². The van der Waals surface area contributed by atoms with E-state index in [-0.39, 0.29) is 23.2 Å². The van der Waals surface area contributed by atoms with E-state index in [1.165, 1.54) is 20.1 Å². The smallest absolute Gasteiger partial charge is 0.164 e. The molecule has 0 saturated carbocycles. The number of ketones is 1. The van der Waals surface area contributed by atoms with Gasteiger partial charge in [-0.1, -0.05) is 0 Å². The van der Waals surface area contributed by atoms with Crippen LogP contribution in [-0.2, 0) is 4.79 Å². The molecule has 0 aliphatic rings. The van der Waals surface area contributed by atoms with E-state index in [0.717, 1.165) is 0 Å². The van der Waals surface area contributed by atoms with Gasteiger partial charge < -0.3 is 5.11 Å². The minimum absolute atomic E-state index is 0.0203. The number of Topliss-reactive ketones (excluding diaryl/α,β-unsaturated/α-hetero) is 1. The zero-order valence-electron chi connectivity index (χ0n) is 7.96. The fraction of sp³-hybridized carbons (Fsp3) is 0.556. The number of hydrogen-bond donors (Lipinski definition) is 1. The van der Waals surface area contributed by atoms with Gasteiger partial charge in [-0.25, -0.2) is 0 Å². The number of carbonyl (C=O) groups excluding carboxylic acids is 1. The second kappa shape index (κ2) is 4.70. The third kappa shape index (κ3) is 3.91. The Morgan fingerprint density at radius 2 is 1.92 bits per heavy atom. The molecule has 3 heteroatoms. The number of aliphatic imine (C=N–C) groups is 1. The molecule has 0 unspecified atom stereocenters. The minimum atomic E-state index is -0.167. The molecular formula is C9H15NO2. The summed E-state index contributed by atoms with van der Waals surface area (Å²) in [6.45, 7) is 6.69. The highest BCUT2D eigenvalue weighted by Gasteiger charge is 2.04. The van der Waals surface area contributed by atoms with Gasteiger partial charge in [-0.05, 0) is 27.7 Å². The summed E-state index contributed by atoms with van der Waals surface area (Å²) in [7, 11) is 0. The molecular weight excluding hydrogens is 154 g/mol. The van der Waals surface area contributed by atoms with Crippen LogP contribution in [0.3, 0.4) is 0 Å². The Balaban J connectivity index is 4.59. The van der Waals surface area contributed by atoms with Gasteiger partial charge in [0.15, 0.2) is 5.78 Å². The van der Waals surface area contributed by atoms with Crippen molar-refractivity contribution in [3.8, 4) is 0 Å². The average Bonchev–Trinajstić information content (AvgIpc) is 1.84. The van der Waals surface area contributed by atoms with Gasteiger partial charge in [-0.2, -0.15) is 0 Å². The zero-order chi connectivity index (χ0) is 9.72. The van der Waals surface area contributed by atoms with Crippen LogP contribution in [-0.4, -0.2) is 23.1 Å². The predicted molar refractivity (Wildman–Crippen MR) is 49.6 cm³/mol. The third-order valence-electron chi connectivity index (χ3n) is 1.27. The lowest BCUT2D eigenvalue weighted by Gasteiger charge is -1.98. The topological polar surface area (TPSA) is 49.7 Å². The fourth-order valence-electron chi connectivity index (χ4n) is 0.663. The summed E-state index contributed by atoms with van der Waals surface area (Å²) < 4.78 is 0. The van der Waals surface area contributed by atoms with E-state index >= 15 is 0 Å². The van der Waals surface area contributed by atoms with Gasteiger partial charge >= 0.3 is 0 Å². The summed E-state index contributed by atoms with van der Waals surface area (Å²) in [5, 5.41) is 9.06. The number of rotatable bonds is 3. The molecule has 0 bridgehead atoms. The monoisotopic (exact) mass is 169 g/mol. The molecule has 0 aromatic rings. The summed E-state index contributed by atoms with van der Waals surface area (Å²) >= 11 is 0. The van der Waals surface area contributed by atoms with E-state index in [1.807, 2.05) is 13.8 Å². The van der Waals surface area contributed by atoms with Crippen LogP contribution in [0.1, 0.15) is 27.7 Å². The Morgan fingerprint density at radius 3 is 2.17 bits per heavy atom. The van der Waals surface area contributed by atoms with Gasteiger partial charge in [0.05, 0.1) is 5.57 Å². The highest BCUT2D eigenvalue weighted by molar-refractivity contribution is 6.12. The van der Waals surface area contributed by atoms with Crippen molar-refractivity contribution in [2.45, 2.75) is 33.7 Å². The van der Waals surface area contributed by atoms with Crippen LogP contribution in [0.2, 0.25) is 0 Å². The summed E-state index contributed by atoms with van der Waals surface area (Å²) in [5.41, 5.74) is 0.281. The first-order valence-electron chi connectivity index (χ1n) is 3.89. The van der Waals surface area contributed by atoms with Gasteiger partial charge in [0, 0.05) is 12.3 Å². The van der Waals surface area contributed by atoms with Gasteiger partial charge in [0.2, 0.25) is 0 Å². The number of allylic oxidation sites excluding steroid dienone is 2. The molecule has 0 atom stereocenters. The van der Waals surface area contributed by atoms with Crippen LogP contribution in [0.5, 0.6) is 0 Å². The van der Waals surface area contributed by atoms with Crippen molar-refractivity contribution in [1.29, 1.82) is 0 Å². The average molecular weight is 169 g/mol. The van der Waals surface area contributed by atoms with E-state index in [9.17, 15) is 4.79 Å². The fourth-order valence-corrected chi connectivity index (χ4v) is 0.663. The highest BCUT2D eigenvalue weighted by Crippen LogP contribution is 2.00. The predicted octanol–water partition coefficient (Wildman–Crippen LogP) is 1.89. The molecule has 68 valence electrons. The zero-order valence-corrected chi connectivity index (χ0v) is 7.96. The van der Waals surface area contributed by atoms with E-state index in [1.54, 1.807) is 0 Å². The maximum atomic E-state index is 10.9. The molecule has 0 saturated heterocycles. The first kappa shape index (κ1) is 10.9. The van der Waals surface area contributed by atoms with Crippen LogP contribution < -0.4 is 0 Å². The van der Waals surface area contributed by atoms with Crippen molar-refractivity contribution < 1.29 is 9.90 Å². The Bertz CT molecular complexity index is 223. The molecule has 0 aliphatic heterocycles. The largest absolute Gasteiger partial charge is 0.512 e. The molecule has 0 fully saturated rings. The van der Waals surface area contributed by atoms with Crippen LogP contribution in [0.4, 0.5) is 0 Å². The van der Waals surface area contributed by atoms with Gasteiger partial charge in [0.25, 0.3) is 0 Å². The maximum Gasteiger partial charge on any atom is 0.164 e. The lowest BCUT2D eigenvalue weighted by molar-refractivity contribution is -0.113. The highest BCUT2D eigenvalue weighted by atomic mass is 16.3. The Morgan fingerprint density at radius 1 is 1.42 bits per heavy atom. The van der Waals surface area contributed by atoms with Crippen molar-refractivity contribution >= 4 is 12.0 Å². The quantitative estimate of drug-likeness (QED) is 0.398. The molecule has 0 aromatic heterocycles. The molecule has 0 heterocycles. The van der Waals surface area contributed by atoms with E-state index in [0.29, 0.717) is 0 Å². The number of aliphatic hydroxyl groups excluding tert-OH is 1. The third-order valence-corrected chi connectivity index (χ3v) is 1.27. The molecule has 0 rings (SSSR count). The van der Waals surface area contributed by atoms with Crippen LogP contribution >= 0.6 is 0 Å². The molecule has 3 nitrogen and oxygen atoms in total. The number of nitrogens with zero attached hydrogens (tertiary/aromatic N) is 1. The second-order valence-electron chi connectivity index (χ2n) is 2.93. The standard InChI is InChI=1S/C9H15NO2/c1-6(2)10-5-9(7(3)11)8(4)12/h5-6,11H,1-4H3/b9-7-,10-5?. The molecule has 0 amide bonds. The van der Waals surface area contributed by atoms with Crippen molar-refractivity contribution in [2.24, 2.45) is 4.99 Å². The second-order valence-corrected chi connectivity index (χ2v) is 2.93. The van der Waals surface area contributed by atoms with Gasteiger partial charge in [-0.15, -0.1) is 0 Å². The van der Waals surface area contributed by atoms with Crippen molar-refractivity contribution in [3.63, 3.8) is 0 Å². The van der Waals surface area contributed by atoms with Crippen LogP contribution in [0.15, 0.2) is 16.3 Å². The van der Waals surface area contributed by atoms with Crippen LogP contribution in [0, 0.1) is 0 Å². The SMILES string of the molecule is CC(=O)/C(C=NC(C)C)=C(/C)O. The first-order chi connectivity index (χ1) is 5.45. The lowest BCUT2D eigenvalue weighted by atomic mass is 10.2. The normalized spacial score (nSPS) is 13.8. The molecule has 0 aliphatic carbocycles. The summed E-state index contributed by atoms with van der Waals surface area (Å²) in [4.78, 5) is 14.9. The minimum Gasteiger partial charge on any atom is -0.512 e.